The van der Waals surface area contributed by atoms with Crippen molar-refractivity contribution >= 4 is 23.9 Å². The molecule has 320 valence electrons. The average molecular weight is 839 g/mol. The lowest BCUT2D eigenvalue weighted by atomic mass is 9.97. The topological polar surface area (TPSA) is 170 Å². The zero-order chi connectivity index (χ0) is 42.7. The Morgan fingerprint density at radius 3 is 1.41 bits per heavy atom. The van der Waals surface area contributed by atoms with Crippen molar-refractivity contribution in [1.29, 1.82) is 0 Å². The van der Waals surface area contributed by atoms with Crippen molar-refractivity contribution in [2.24, 2.45) is 0 Å². The van der Waals surface area contributed by atoms with Crippen LogP contribution in [0.4, 0.5) is 0 Å². The third-order valence-corrected chi connectivity index (χ3v) is 10.4. The van der Waals surface area contributed by atoms with Crippen molar-refractivity contribution in [2.75, 3.05) is 13.2 Å². The van der Waals surface area contributed by atoms with Gasteiger partial charge >= 0.3 is 23.9 Å². The predicted molar refractivity (Wildman–Crippen MR) is 211 cm³/mol. The van der Waals surface area contributed by atoms with E-state index < -0.39 is 103 Å². The largest absolute Gasteiger partial charge is 0.459 e. The standard InChI is InChI=1S/C46H46O15/c1-45(2)58-34-32(54-44-38(36(34)59-45)60-46(3,4)61-44)26-52-43-37(57-42(50)30-23-15-8-16-24-30)35(56-41(49)29-21-13-7-14-22-29)33(55-40(48)28-19-11-6-12-20-28)31(53-43)25-51-39(47)27-17-9-5-10-18-27/h5-24,31-38,43-44H,25-26H2,1-4H3/t31-,32-,33+,34+,35+,36+,37-,38-,43-,44-/m1/s1. The number of benzene rings is 4. The van der Waals surface area contributed by atoms with Gasteiger partial charge in [0.05, 0.1) is 28.9 Å². The van der Waals surface area contributed by atoms with Crippen LogP contribution in [0.3, 0.4) is 0 Å². The van der Waals surface area contributed by atoms with Gasteiger partial charge in [-0.2, -0.15) is 0 Å². The molecule has 4 aliphatic rings. The second-order valence-corrected chi connectivity index (χ2v) is 15.8. The molecule has 10 atom stereocenters. The van der Waals surface area contributed by atoms with Crippen LogP contribution in [0.1, 0.15) is 69.1 Å². The first-order valence-electron chi connectivity index (χ1n) is 20.0. The van der Waals surface area contributed by atoms with E-state index in [-0.39, 0.29) is 28.9 Å². The van der Waals surface area contributed by atoms with Gasteiger partial charge in [0, 0.05) is 0 Å². The zero-order valence-corrected chi connectivity index (χ0v) is 33.9. The number of fused-ring (bicyclic) bond motifs is 3. The molecule has 0 amide bonds. The van der Waals surface area contributed by atoms with Gasteiger partial charge in [-0.25, -0.2) is 19.2 Å². The monoisotopic (exact) mass is 838 g/mol. The van der Waals surface area contributed by atoms with Gasteiger partial charge in [0.1, 0.15) is 37.1 Å². The summed E-state index contributed by atoms with van der Waals surface area (Å²) >= 11 is 0. The Labute approximate surface area is 352 Å². The molecule has 4 aromatic carbocycles. The Morgan fingerprint density at radius 1 is 0.459 bits per heavy atom. The van der Waals surface area contributed by atoms with Crippen LogP contribution in [0.15, 0.2) is 121 Å². The third-order valence-electron chi connectivity index (χ3n) is 10.4. The minimum Gasteiger partial charge on any atom is -0.459 e. The lowest BCUT2D eigenvalue weighted by Crippen LogP contribution is -2.64. The first kappa shape index (κ1) is 42.2. The van der Waals surface area contributed by atoms with Crippen molar-refractivity contribution in [3.05, 3.63) is 144 Å². The quantitative estimate of drug-likeness (QED) is 0.126. The van der Waals surface area contributed by atoms with E-state index in [1.807, 2.05) is 0 Å². The second-order valence-electron chi connectivity index (χ2n) is 15.8. The summed E-state index contributed by atoms with van der Waals surface area (Å²) in [6.07, 6.45) is -11.3. The lowest BCUT2D eigenvalue weighted by Gasteiger charge is -2.45. The predicted octanol–water partition coefficient (Wildman–Crippen LogP) is 5.66. The molecule has 61 heavy (non-hydrogen) atoms. The van der Waals surface area contributed by atoms with Crippen molar-refractivity contribution in [3.63, 3.8) is 0 Å². The SMILES string of the molecule is CC1(C)O[C@H]2[C@@H](O1)[C@@H](CO[C@@H]1O[C@H](COC(=O)c3ccccc3)[C@H](OC(=O)c3ccccc3)[C@H](OC(=O)c3ccccc3)[C@H]1OC(=O)c1ccccc1)O[C@@H]1OC(C)(C)O[C@@H]12. The van der Waals surface area contributed by atoms with E-state index >= 15 is 0 Å². The number of carbonyl (C=O) groups excluding carboxylic acids is 4. The van der Waals surface area contributed by atoms with E-state index in [0.717, 1.165) is 0 Å². The van der Waals surface area contributed by atoms with Crippen LogP contribution in [0.5, 0.6) is 0 Å². The number of hydrogen-bond acceptors (Lipinski definition) is 15. The van der Waals surface area contributed by atoms with Gasteiger partial charge in [-0.1, -0.05) is 72.8 Å². The maximum atomic E-state index is 14.0. The fourth-order valence-corrected chi connectivity index (χ4v) is 7.68. The molecule has 0 radical (unpaired) electrons. The lowest BCUT2D eigenvalue weighted by molar-refractivity contribution is -0.313. The Kier molecular flexibility index (Phi) is 12.3. The average Bonchev–Trinajstić information content (AvgIpc) is 3.78. The third kappa shape index (κ3) is 9.68. The smallest absolute Gasteiger partial charge is 0.338 e. The molecule has 0 unspecified atom stereocenters. The van der Waals surface area contributed by atoms with Crippen LogP contribution >= 0.6 is 0 Å². The molecule has 8 rings (SSSR count). The maximum Gasteiger partial charge on any atom is 0.338 e. The normalized spacial score (nSPS) is 29.6. The summed E-state index contributed by atoms with van der Waals surface area (Å²) in [7, 11) is 0. The molecule has 4 saturated heterocycles. The molecule has 0 aliphatic carbocycles. The minimum atomic E-state index is -1.60. The van der Waals surface area contributed by atoms with Crippen LogP contribution in [0, 0.1) is 0 Å². The van der Waals surface area contributed by atoms with E-state index in [1.54, 1.807) is 137 Å². The van der Waals surface area contributed by atoms with E-state index in [0.29, 0.717) is 0 Å². The Bertz CT molecular complexity index is 2150. The van der Waals surface area contributed by atoms with Gasteiger partial charge < -0.3 is 52.1 Å². The molecule has 4 aromatic rings. The molecule has 15 heteroatoms. The van der Waals surface area contributed by atoms with Crippen LogP contribution in [0.25, 0.3) is 0 Å². The number of esters is 4. The Balaban J connectivity index is 1.16. The highest BCUT2D eigenvalue weighted by Crippen LogP contribution is 2.44. The summed E-state index contributed by atoms with van der Waals surface area (Å²) in [4.78, 5) is 55.1. The summed E-state index contributed by atoms with van der Waals surface area (Å²) in [6.45, 7) is 6.29. The molecular weight excluding hydrogens is 792 g/mol. The molecule has 15 nitrogen and oxygen atoms in total. The van der Waals surface area contributed by atoms with Crippen molar-refractivity contribution in [3.8, 4) is 0 Å². The number of carbonyl (C=O) groups is 4. The molecule has 4 aliphatic heterocycles. The van der Waals surface area contributed by atoms with Crippen LogP contribution in [-0.4, -0.2) is 110 Å². The van der Waals surface area contributed by atoms with Gasteiger partial charge in [0.2, 0.25) is 0 Å². The first-order chi connectivity index (χ1) is 29.3. The van der Waals surface area contributed by atoms with Crippen molar-refractivity contribution in [2.45, 2.75) is 101 Å². The Hall–Kier alpha value is -5.52. The minimum absolute atomic E-state index is 0.152. The molecule has 0 bridgehead atoms. The van der Waals surface area contributed by atoms with E-state index in [4.69, 9.17) is 52.1 Å². The summed E-state index contributed by atoms with van der Waals surface area (Å²) in [5.74, 6) is -5.18. The fourth-order valence-electron chi connectivity index (χ4n) is 7.68. The molecule has 0 spiro atoms. The van der Waals surface area contributed by atoms with Gasteiger partial charge in [-0.15, -0.1) is 0 Å². The molecule has 0 saturated carbocycles. The van der Waals surface area contributed by atoms with Gasteiger partial charge in [0.15, 0.2) is 42.5 Å². The van der Waals surface area contributed by atoms with Crippen LogP contribution < -0.4 is 0 Å². The fraction of sp³-hybridized carbons (Fsp3) is 0.391. The van der Waals surface area contributed by atoms with E-state index in [9.17, 15) is 19.2 Å². The number of hydrogen-bond donors (Lipinski definition) is 0. The van der Waals surface area contributed by atoms with Crippen molar-refractivity contribution < 1.29 is 71.3 Å². The maximum absolute atomic E-state index is 14.0. The zero-order valence-electron chi connectivity index (χ0n) is 33.9. The summed E-state index contributed by atoms with van der Waals surface area (Å²) in [5.41, 5.74) is 0.724. The second kappa shape index (κ2) is 17.8. The van der Waals surface area contributed by atoms with Crippen LogP contribution in [0.2, 0.25) is 0 Å². The summed E-state index contributed by atoms with van der Waals surface area (Å²) in [6, 6.07) is 32.6. The van der Waals surface area contributed by atoms with Gasteiger partial charge in [0.25, 0.3) is 0 Å². The summed E-state index contributed by atoms with van der Waals surface area (Å²) < 4.78 is 68.4. The molecular formula is C46H46O15. The van der Waals surface area contributed by atoms with Crippen molar-refractivity contribution in [1.82, 2.24) is 0 Å². The first-order valence-corrected chi connectivity index (χ1v) is 20.0. The highest BCUT2D eigenvalue weighted by Gasteiger charge is 2.61. The highest BCUT2D eigenvalue weighted by atomic mass is 16.9. The van der Waals surface area contributed by atoms with Gasteiger partial charge in [-0.3, -0.25) is 0 Å². The molecule has 0 aromatic heterocycles. The molecule has 0 N–H and O–H groups in total. The summed E-state index contributed by atoms with van der Waals surface area (Å²) in [5, 5.41) is 0. The van der Waals surface area contributed by atoms with Crippen LogP contribution in [-0.2, 0) is 52.1 Å². The Morgan fingerprint density at radius 2 is 0.885 bits per heavy atom. The van der Waals surface area contributed by atoms with E-state index in [2.05, 4.69) is 0 Å². The number of rotatable bonds is 12. The highest BCUT2D eigenvalue weighted by molar-refractivity contribution is 5.91. The number of ether oxygens (including phenoxy) is 11. The molecule has 4 heterocycles. The molecule has 4 fully saturated rings. The van der Waals surface area contributed by atoms with Gasteiger partial charge in [-0.05, 0) is 76.2 Å². The van der Waals surface area contributed by atoms with E-state index in [1.165, 1.54) is 12.1 Å².